The molecule has 0 radical (unpaired) electrons. The van der Waals surface area contributed by atoms with Crippen LogP contribution >= 0.6 is 11.6 Å². The molecular formula is C14H14ClN3O3. The van der Waals surface area contributed by atoms with Gasteiger partial charge in [0.1, 0.15) is 0 Å². The molecule has 110 valence electrons. The Balaban J connectivity index is 2.20. The van der Waals surface area contributed by atoms with E-state index in [1.807, 2.05) is 6.07 Å². The van der Waals surface area contributed by atoms with Gasteiger partial charge in [0.25, 0.3) is 0 Å². The van der Waals surface area contributed by atoms with Gasteiger partial charge in [0.15, 0.2) is 0 Å². The zero-order valence-electron chi connectivity index (χ0n) is 11.3. The van der Waals surface area contributed by atoms with Crippen molar-refractivity contribution in [2.24, 2.45) is 0 Å². The van der Waals surface area contributed by atoms with Crippen LogP contribution in [-0.2, 0) is 6.54 Å². The first kappa shape index (κ1) is 14.9. The van der Waals surface area contributed by atoms with Crippen LogP contribution in [0.15, 0.2) is 30.5 Å². The first-order valence-corrected chi connectivity index (χ1v) is 6.44. The summed E-state index contributed by atoms with van der Waals surface area (Å²) in [5.41, 5.74) is 7.12. The van der Waals surface area contributed by atoms with Crippen LogP contribution in [0.4, 0.5) is 11.4 Å². The van der Waals surface area contributed by atoms with Gasteiger partial charge in [-0.1, -0.05) is 17.7 Å². The zero-order chi connectivity index (χ0) is 15.4. The summed E-state index contributed by atoms with van der Waals surface area (Å²) in [5.74, 6) is -0.588. The lowest BCUT2D eigenvalue weighted by Crippen LogP contribution is -2.08. The van der Waals surface area contributed by atoms with Gasteiger partial charge in [0, 0.05) is 24.5 Å². The van der Waals surface area contributed by atoms with Crippen molar-refractivity contribution < 1.29 is 14.6 Å². The molecule has 0 aliphatic heterocycles. The molecule has 7 heteroatoms. The molecule has 0 aliphatic carbocycles. The average molecular weight is 308 g/mol. The topological polar surface area (TPSA) is 97.5 Å². The highest BCUT2D eigenvalue weighted by atomic mass is 35.5. The minimum Gasteiger partial charge on any atom is -0.481 e. The Morgan fingerprint density at radius 2 is 2.24 bits per heavy atom. The molecule has 2 aromatic rings. The summed E-state index contributed by atoms with van der Waals surface area (Å²) in [6.45, 7) is 0.376. The van der Waals surface area contributed by atoms with Crippen molar-refractivity contribution >= 4 is 28.9 Å². The van der Waals surface area contributed by atoms with Crippen molar-refractivity contribution in [2.75, 3.05) is 18.2 Å². The molecule has 0 saturated carbocycles. The molecule has 1 aromatic carbocycles. The maximum absolute atomic E-state index is 11.2. The molecular weight excluding hydrogens is 294 g/mol. The number of carboxylic acid groups (broad SMARTS) is 1. The lowest BCUT2D eigenvalue weighted by atomic mass is 10.1. The lowest BCUT2D eigenvalue weighted by Gasteiger charge is -2.12. The Labute approximate surface area is 126 Å². The number of halogens is 1. The third-order valence-electron chi connectivity index (χ3n) is 2.82. The van der Waals surface area contributed by atoms with Crippen molar-refractivity contribution in [3.63, 3.8) is 0 Å². The highest BCUT2D eigenvalue weighted by molar-refractivity contribution is 6.34. The Kier molecular flexibility index (Phi) is 4.49. The maximum atomic E-state index is 11.2. The number of ether oxygens (including phenoxy) is 1. The molecule has 21 heavy (non-hydrogen) atoms. The van der Waals surface area contributed by atoms with Gasteiger partial charge in [0.05, 0.1) is 23.4 Å². The van der Waals surface area contributed by atoms with Crippen LogP contribution in [0, 0.1) is 0 Å². The number of nitrogens with zero attached hydrogens (tertiary/aromatic N) is 1. The second kappa shape index (κ2) is 6.32. The number of methoxy groups -OCH3 is 1. The van der Waals surface area contributed by atoms with Crippen molar-refractivity contribution in [1.29, 1.82) is 0 Å². The van der Waals surface area contributed by atoms with E-state index in [9.17, 15) is 9.90 Å². The molecule has 4 N–H and O–H groups in total. The molecule has 0 unspecified atom stereocenters. The van der Waals surface area contributed by atoms with E-state index < -0.39 is 5.97 Å². The second-order valence-corrected chi connectivity index (χ2v) is 4.70. The van der Waals surface area contributed by atoms with Crippen LogP contribution in [0.5, 0.6) is 5.88 Å². The summed E-state index contributed by atoms with van der Waals surface area (Å²) in [6, 6.07) is 6.41. The van der Waals surface area contributed by atoms with Gasteiger partial charge in [-0.3, -0.25) is 0 Å². The van der Waals surface area contributed by atoms with Crippen molar-refractivity contribution in [1.82, 2.24) is 4.98 Å². The molecule has 2 rings (SSSR count). The van der Waals surface area contributed by atoms with Gasteiger partial charge in [0.2, 0.25) is 5.88 Å². The number of nitrogens with one attached hydrogen (secondary N) is 1. The lowest BCUT2D eigenvalue weighted by molar-refractivity contribution is 0.0698. The normalized spacial score (nSPS) is 10.2. The average Bonchev–Trinajstić information content (AvgIpc) is 2.46. The second-order valence-electron chi connectivity index (χ2n) is 4.29. The SMILES string of the molecule is COc1ccc(CNc2c(Cl)cc(N)cc2C(=O)O)cn1. The molecule has 0 aliphatic rings. The van der Waals surface area contributed by atoms with Crippen LogP contribution in [0.3, 0.4) is 0 Å². The molecule has 6 nitrogen and oxygen atoms in total. The predicted molar refractivity (Wildman–Crippen MR) is 80.9 cm³/mol. The highest BCUT2D eigenvalue weighted by Gasteiger charge is 2.14. The van der Waals surface area contributed by atoms with Crippen LogP contribution in [0.1, 0.15) is 15.9 Å². The number of hydrogen-bond donors (Lipinski definition) is 3. The van der Waals surface area contributed by atoms with E-state index in [1.165, 1.54) is 19.2 Å². The third-order valence-corrected chi connectivity index (χ3v) is 3.12. The molecule has 1 aromatic heterocycles. The summed E-state index contributed by atoms with van der Waals surface area (Å²) in [6.07, 6.45) is 1.64. The quantitative estimate of drug-likeness (QED) is 0.735. The molecule has 0 saturated heterocycles. The largest absolute Gasteiger partial charge is 0.481 e. The van der Waals surface area contributed by atoms with E-state index in [1.54, 1.807) is 12.3 Å². The first-order chi connectivity index (χ1) is 10.0. The van der Waals surface area contributed by atoms with Crippen molar-refractivity contribution in [3.8, 4) is 5.88 Å². The summed E-state index contributed by atoms with van der Waals surface area (Å²) < 4.78 is 4.97. The number of aromatic nitrogens is 1. The predicted octanol–water partition coefficient (Wildman–Crippen LogP) is 2.64. The monoisotopic (exact) mass is 307 g/mol. The minimum absolute atomic E-state index is 0.0291. The highest BCUT2D eigenvalue weighted by Crippen LogP contribution is 2.29. The Morgan fingerprint density at radius 3 is 2.81 bits per heavy atom. The standard InChI is InChI=1S/C14H14ClN3O3/c1-21-12-3-2-8(6-17-12)7-18-13-10(14(19)20)4-9(16)5-11(13)15/h2-6,18H,7,16H2,1H3,(H,19,20). The number of benzene rings is 1. The third kappa shape index (κ3) is 3.55. The van der Waals surface area contributed by atoms with E-state index in [0.717, 1.165) is 5.56 Å². The smallest absolute Gasteiger partial charge is 0.337 e. The minimum atomic E-state index is -1.10. The van der Waals surface area contributed by atoms with E-state index in [4.69, 9.17) is 22.1 Å². The number of hydrogen-bond acceptors (Lipinski definition) is 5. The van der Waals surface area contributed by atoms with Gasteiger partial charge in [-0.15, -0.1) is 0 Å². The summed E-state index contributed by atoms with van der Waals surface area (Å²) in [4.78, 5) is 15.3. The fraction of sp³-hybridized carbons (Fsp3) is 0.143. The van der Waals surface area contributed by atoms with E-state index >= 15 is 0 Å². The van der Waals surface area contributed by atoms with Crippen LogP contribution in [-0.4, -0.2) is 23.2 Å². The van der Waals surface area contributed by atoms with Gasteiger partial charge in [-0.25, -0.2) is 9.78 Å². The fourth-order valence-electron chi connectivity index (χ4n) is 1.80. The molecule has 0 fully saturated rings. The Bertz CT molecular complexity index is 659. The number of rotatable bonds is 5. The van der Waals surface area contributed by atoms with Crippen molar-refractivity contribution in [3.05, 3.63) is 46.6 Å². The maximum Gasteiger partial charge on any atom is 0.337 e. The summed E-state index contributed by atoms with van der Waals surface area (Å²) in [7, 11) is 1.54. The number of carboxylic acids is 1. The summed E-state index contributed by atoms with van der Waals surface area (Å²) >= 11 is 6.05. The number of nitrogens with two attached hydrogens (primary N) is 1. The van der Waals surface area contributed by atoms with Crippen LogP contribution in [0.2, 0.25) is 5.02 Å². The Hall–Kier alpha value is -2.47. The zero-order valence-corrected chi connectivity index (χ0v) is 12.0. The van der Waals surface area contributed by atoms with E-state index in [-0.39, 0.29) is 10.6 Å². The van der Waals surface area contributed by atoms with Gasteiger partial charge in [-0.05, 0) is 17.7 Å². The van der Waals surface area contributed by atoms with Crippen LogP contribution < -0.4 is 15.8 Å². The van der Waals surface area contributed by atoms with Gasteiger partial charge >= 0.3 is 5.97 Å². The van der Waals surface area contributed by atoms with E-state index in [2.05, 4.69) is 10.3 Å². The molecule has 0 bridgehead atoms. The summed E-state index contributed by atoms with van der Waals surface area (Å²) in [5, 5.41) is 12.4. The number of nitrogen functional groups attached to an aromatic ring is 1. The van der Waals surface area contributed by atoms with Gasteiger partial charge < -0.3 is 20.9 Å². The fourth-order valence-corrected chi connectivity index (χ4v) is 2.10. The molecule has 0 spiro atoms. The van der Waals surface area contributed by atoms with E-state index in [0.29, 0.717) is 23.8 Å². The molecule has 1 heterocycles. The molecule has 0 atom stereocenters. The van der Waals surface area contributed by atoms with Crippen molar-refractivity contribution in [2.45, 2.75) is 6.54 Å². The number of anilines is 2. The molecule has 0 amide bonds. The number of pyridine rings is 1. The van der Waals surface area contributed by atoms with Crippen LogP contribution in [0.25, 0.3) is 0 Å². The first-order valence-electron chi connectivity index (χ1n) is 6.06. The Morgan fingerprint density at radius 1 is 1.48 bits per heavy atom. The number of carbonyl (C=O) groups is 1. The van der Waals surface area contributed by atoms with Gasteiger partial charge in [-0.2, -0.15) is 0 Å². The number of aromatic carboxylic acids is 1.